The van der Waals surface area contributed by atoms with E-state index in [9.17, 15) is 0 Å². The third kappa shape index (κ3) is 4.54. The predicted molar refractivity (Wildman–Crippen MR) is 109 cm³/mol. The van der Waals surface area contributed by atoms with Crippen LogP contribution in [-0.4, -0.2) is 47.8 Å². The lowest BCUT2D eigenvalue weighted by atomic mass is 10.1. The predicted octanol–water partition coefficient (Wildman–Crippen LogP) is 3.81. The number of nitrogens with one attached hydrogen (secondary N) is 1. The third-order valence-corrected chi connectivity index (χ3v) is 6.45. The van der Waals surface area contributed by atoms with Gasteiger partial charge in [0.2, 0.25) is 5.13 Å². The Morgan fingerprint density at radius 2 is 1.81 bits per heavy atom. The molecule has 0 spiro atoms. The third-order valence-electron chi connectivity index (χ3n) is 5.27. The molecule has 6 heteroatoms. The van der Waals surface area contributed by atoms with Crippen LogP contribution in [-0.2, 0) is 6.54 Å². The fraction of sp³-hybridized carbons (Fsp3) is 0.600. The Balaban J connectivity index is 1.26. The number of aromatic nitrogens is 2. The Morgan fingerprint density at radius 1 is 1.08 bits per heavy atom. The van der Waals surface area contributed by atoms with Crippen molar-refractivity contribution in [1.29, 1.82) is 0 Å². The SMILES string of the molecule is CC(C)c1nnc(NCc2ccc(N3CCN(CC4CC4)CC3)cc2)s1. The molecule has 1 aromatic heterocycles. The van der Waals surface area contributed by atoms with Crippen molar-refractivity contribution in [2.75, 3.05) is 42.9 Å². The summed E-state index contributed by atoms with van der Waals surface area (Å²) in [5.41, 5.74) is 2.63. The zero-order valence-electron chi connectivity index (χ0n) is 15.8. The monoisotopic (exact) mass is 371 g/mol. The van der Waals surface area contributed by atoms with Crippen LogP contribution in [0.5, 0.6) is 0 Å². The van der Waals surface area contributed by atoms with Gasteiger partial charge in [0.05, 0.1) is 0 Å². The highest BCUT2D eigenvalue weighted by molar-refractivity contribution is 7.15. The Hall–Kier alpha value is -1.66. The summed E-state index contributed by atoms with van der Waals surface area (Å²) >= 11 is 1.65. The Labute approximate surface area is 160 Å². The van der Waals surface area contributed by atoms with E-state index in [1.54, 1.807) is 11.3 Å². The van der Waals surface area contributed by atoms with E-state index in [0.29, 0.717) is 5.92 Å². The summed E-state index contributed by atoms with van der Waals surface area (Å²) in [6.07, 6.45) is 2.90. The van der Waals surface area contributed by atoms with Crippen LogP contribution in [0.15, 0.2) is 24.3 Å². The number of benzene rings is 1. The van der Waals surface area contributed by atoms with E-state index in [1.165, 1.54) is 43.7 Å². The molecule has 2 heterocycles. The van der Waals surface area contributed by atoms with Gasteiger partial charge >= 0.3 is 0 Å². The molecule has 1 aliphatic carbocycles. The molecule has 1 aliphatic heterocycles. The fourth-order valence-electron chi connectivity index (χ4n) is 3.40. The minimum atomic E-state index is 0.437. The number of nitrogens with zero attached hydrogens (tertiary/aromatic N) is 4. The first-order valence-corrected chi connectivity index (χ1v) is 10.6. The van der Waals surface area contributed by atoms with E-state index in [0.717, 1.165) is 35.7 Å². The first-order valence-electron chi connectivity index (χ1n) is 9.81. The van der Waals surface area contributed by atoms with Crippen molar-refractivity contribution >= 4 is 22.2 Å². The van der Waals surface area contributed by atoms with Gasteiger partial charge < -0.3 is 10.2 Å². The van der Waals surface area contributed by atoms with Gasteiger partial charge in [-0.1, -0.05) is 37.3 Å². The maximum Gasteiger partial charge on any atom is 0.205 e. The summed E-state index contributed by atoms with van der Waals surface area (Å²) < 4.78 is 0. The van der Waals surface area contributed by atoms with E-state index in [-0.39, 0.29) is 0 Å². The van der Waals surface area contributed by atoms with E-state index < -0.39 is 0 Å². The van der Waals surface area contributed by atoms with Gasteiger partial charge in [0.25, 0.3) is 0 Å². The van der Waals surface area contributed by atoms with E-state index >= 15 is 0 Å². The van der Waals surface area contributed by atoms with Crippen molar-refractivity contribution in [1.82, 2.24) is 15.1 Å². The Bertz CT molecular complexity index is 699. The van der Waals surface area contributed by atoms with Crippen LogP contribution in [0.1, 0.15) is 43.2 Å². The van der Waals surface area contributed by atoms with Crippen molar-refractivity contribution in [2.45, 2.75) is 39.2 Å². The van der Waals surface area contributed by atoms with Gasteiger partial charge in [-0.2, -0.15) is 0 Å². The van der Waals surface area contributed by atoms with Gasteiger partial charge in [-0.25, -0.2) is 0 Å². The zero-order chi connectivity index (χ0) is 17.9. The summed E-state index contributed by atoms with van der Waals surface area (Å²) in [6.45, 7) is 11.1. The lowest BCUT2D eigenvalue weighted by Crippen LogP contribution is -2.47. The number of hydrogen-bond acceptors (Lipinski definition) is 6. The summed E-state index contributed by atoms with van der Waals surface area (Å²) in [5, 5.41) is 13.8. The van der Waals surface area contributed by atoms with E-state index in [2.05, 4.69) is 63.4 Å². The fourth-order valence-corrected chi connectivity index (χ4v) is 4.14. The van der Waals surface area contributed by atoms with Crippen molar-refractivity contribution < 1.29 is 0 Å². The highest BCUT2D eigenvalue weighted by Crippen LogP contribution is 2.30. The first kappa shape index (κ1) is 17.7. The largest absolute Gasteiger partial charge is 0.369 e. The van der Waals surface area contributed by atoms with Crippen molar-refractivity contribution in [3.63, 3.8) is 0 Å². The molecule has 2 fully saturated rings. The number of piperazine rings is 1. The summed E-state index contributed by atoms with van der Waals surface area (Å²) in [6, 6.07) is 8.97. The molecule has 0 radical (unpaired) electrons. The normalized spacial score (nSPS) is 18.5. The van der Waals surface area contributed by atoms with Crippen LogP contribution in [0.25, 0.3) is 0 Å². The van der Waals surface area contributed by atoms with Gasteiger partial charge in [0, 0.05) is 50.9 Å². The first-order chi connectivity index (χ1) is 12.7. The molecule has 26 heavy (non-hydrogen) atoms. The van der Waals surface area contributed by atoms with Gasteiger partial charge in [0.15, 0.2) is 0 Å². The van der Waals surface area contributed by atoms with Gasteiger partial charge in [0.1, 0.15) is 5.01 Å². The van der Waals surface area contributed by atoms with Crippen LogP contribution in [0.2, 0.25) is 0 Å². The van der Waals surface area contributed by atoms with Crippen LogP contribution in [0, 0.1) is 5.92 Å². The number of hydrogen-bond donors (Lipinski definition) is 1. The molecule has 1 N–H and O–H groups in total. The molecule has 2 aromatic rings. The topological polar surface area (TPSA) is 44.3 Å². The minimum absolute atomic E-state index is 0.437. The average molecular weight is 372 g/mol. The van der Waals surface area contributed by atoms with Gasteiger partial charge in [-0.15, -0.1) is 10.2 Å². The van der Waals surface area contributed by atoms with Gasteiger partial charge in [-0.05, 0) is 36.5 Å². The molecule has 140 valence electrons. The Kier molecular flexibility index (Phi) is 5.41. The van der Waals surface area contributed by atoms with Crippen LogP contribution in [0.4, 0.5) is 10.8 Å². The second kappa shape index (κ2) is 7.92. The van der Waals surface area contributed by atoms with Gasteiger partial charge in [-0.3, -0.25) is 4.90 Å². The van der Waals surface area contributed by atoms with Crippen LogP contribution >= 0.6 is 11.3 Å². The average Bonchev–Trinajstić information content (AvgIpc) is 3.34. The molecule has 0 bridgehead atoms. The smallest absolute Gasteiger partial charge is 0.205 e. The highest BCUT2D eigenvalue weighted by atomic mass is 32.1. The lowest BCUT2D eigenvalue weighted by Gasteiger charge is -2.36. The molecule has 1 saturated carbocycles. The van der Waals surface area contributed by atoms with Crippen molar-refractivity contribution in [3.05, 3.63) is 34.8 Å². The maximum absolute atomic E-state index is 4.23. The highest BCUT2D eigenvalue weighted by Gasteiger charge is 2.26. The van der Waals surface area contributed by atoms with Crippen molar-refractivity contribution in [2.24, 2.45) is 5.92 Å². The molecule has 0 unspecified atom stereocenters. The number of anilines is 2. The molecule has 1 aromatic carbocycles. The summed E-state index contributed by atoms with van der Waals surface area (Å²) in [5.74, 6) is 1.44. The van der Waals surface area contributed by atoms with Crippen LogP contribution in [0.3, 0.4) is 0 Å². The molecule has 4 rings (SSSR count). The molecule has 0 amide bonds. The Morgan fingerprint density at radius 3 is 2.42 bits per heavy atom. The summed E-state index contributed by atoms with van der Waals surface area (Å²) in [4.78, 5) is 5.15. The van der Waals surface area contributed by atoms with Crippen LogP contribution < -0.4 is 10.2 Å². The minimum Gasteiger partial charge on any atom is -0.369 e. The molecule has 1 saturated heterocycles. The second-order valence-corrected chi connectivity index (χ2v) is 8.86. The molecule has 5 nitrogen and oxygen atoms in total. The molecule has 0 atom stereocenters. The second-order valence-electron chi connectivity index (χ2n) is 7.85. The van der Waals surface area contributed by atoms with Crippen molar-refractivity contribution in [3.8, 4) is 0 Å². The zero-order valence-corrected chi connectivity index (χ0v) is 16.6. The number of rotatable bonds is 7. The van der Waals surface area contributed by atoms with E-state index in [4.69, 9.17) is 0 Å². The lowest BCUT2D eigenvalue weighted by molar-refractivity contribution is 0.248. The van der Waals surface area contributed by atoms with E-state index in [1.807, 2.05) is 0 Å². The quantitative estimate of drug-likeness (QED) is 0.802. The molecular weight excluding hydrogens is 342 g/mol. The molecule has 2 aliphatic rings. The summed E-state index contributed by atoms with van der Waals surface area (Å²) in [7, 11) is 0. The maximum atomic E-state index is 4.23. The standard InChI is InChI=1S/C20H29N5S/c1-15(2)19-22-23-20(26-19)21-13-16-5-7-18(8-6-16)25-11-9-24(10-12-25)14-17-3-4-17/h5-8,15,17H,3-4,9-14H2,1-2H3,(H,21,23). The molecular formula is C20H29N5S.